The number of aliphatic hydroxyl groups is 1. The number of nitrogens with two attached hydrogens (primary N) is 1. The Morgan fingerprint density at radius 2 is 2.00 bits per heavy atom. The van der Waals surface area contributed by atoms with Crippen LogP contribution < -0.4 is 5.73 Å². The van der Waals surface area contributed by atoms with Crippen molar-refractivity contribution in [3.8, 4) is 0 Å². The van der Waals surface area contributed by atoms with Gasteiger partial charge in [0, 0.05) is 0 Å². The molecule has 1 amide bonds. The maximum Gasteiger partial charge on any atom is 0.245 e. The van der Waals surface area contributed by atoms with Gasteiger partial charge in [-0.25, -0.2) is 0 Å². The normalized spacial score (nSPS) is 11.7. The van der Waals surface area contributed by atoms with Crippen LogP contribution in [0.15, 0.2) is 0 Å². The van der Waals surface area contributed by atoms with Crippen molar-refractivity contribution in [1.82, 2.24) is 0 Å². The standard InChI is InChI=1S/C3H7NO2.BrH/c1-2(5)3(4)6;/h2,5H,1H3,(H2,4,6);1H. The fourth-order valence-corrected chi connectivity index (χ4v) is 0. The molecule has 0 aliphatic carbocycles. The fourth-order valence-electron chi connectivity index (χ4n) is 0. The SMILES string of the molecule is Br.CC(O)C(N)=O. The second-order valence-corrected chi connectivity index (χ2v) is 1.08. The molecule has 0 spiro atoms. The summed E-state index contributed by atoms with van der Waals surface area (Å²) in [4.78, 5) is 9.67. The van der Waals surface area contributed by atoms with Crippen molar-refractivity contribution < 1.29 is 9.90 Å². The van der Waals surface area contributed by atoms with E-state index in [1.54, 1.807) is 0 Å². The third-order valence-electron chi connectivity index (χ3n) is 0.412. The van der Waals surface area contributed by atoms with Gasteiger partial charge in [-0.3, -0.25) is 4.79 Å². The Kier molecular flexibility index (Phi) is 5.83. The number of primary amides is 1. The molecule has 1 unspecified atom stereocenters. The summed E-state index contributed by atoms with van der Waals surface area (Å²) in [6.07, 6.45) is -1.01. The Morgan fingerprint density at radius 1 is 1.86 bits per heavy atom. The molecule has 0 saturated carbocycles. The van der Waals surface area contributed by atoms with Gasteiger partial charge >= 0.3 is 0 Å². The van der Waals surface area contributed by atoms with Crippen molar-refractivity contribution in [1.29, 1.82) is 0 Å². The molecule has 3 nitrogen and oxygen atoms in total. The van der Waals surface area contributed by atoms with E-state index in [0.29, 0.717) is 0 Å². The van der Waals surface area contributed by atoms with Gasteiger partial charge < -0.3 is 10.8 Å². The summed E-state index contributed by atoms with van der Waals surface area (Å²) in [6.45, 7) is 1.32. The molecule has 0 aromatic carbocycles. The number of carbonyl (C=O) groups is 1. The second-order valence-electron chi connectivity index (χ2n) is 1.08. The molecule has 0 radical (unpaired) electrons. The Balaban J connectivity index is 0. The summed E-state index contributed by atoms with van der Waals surface area (Å²) in [7, 11) is 0. The summed E-state index contributed by atoms with van der Waals surface area (Å²) < 4.78 is 0. The van der Waals surface area contributed by atoms with Gasteiger partial charge in [0.15, 0.2) is 0 Å². The van der Waals surface area contributed by atoms with Gasteiger partial charge in [0.1, 0.15) is 6.10 Å². The maximum atomic E-state index is 9.67. The van der Waals surface area contributed by atoms with Gasteiger partial charge in [-0.15, -0.1) is 17.0 Å². The Labute approximate surface area is 52.3 Å². The smallest absolute Gasteiger partial charge is 0.245 e. The van der Waals surface area contributed by atoms with Gasteiger partial charge in [-0.2, -0.15) is 0 Å². The highest BCUT2D eigenvalue weighted by Crippen LogP contribution is 1.70. The third-order valence-corrected chi connectivity index (χ3v) is 0.412. The molecule has 0 aliphatic rings. The first-order chi connectivity index (χ1) is 2.64. The fraction of sp³-hybridized carbons (Fsp3) is 0.667. The van der Waals surface area contributed by atoms with Crippen LogP contribution in [-0.2, 0) is 4.79 Å². The quantitative estimate of drug-likeness (QED) is 0.553. The minimum Gasteiger partial charge on any atom is -0.384 e. The van der Waals surface area contributed by atoms with Crippen molar-refractivity contribution in [3.05, 3.63) is 0 Å². The van der Waals surface area contributed by atoms with Crippen LogP contribution in [0.4, 0.5) is 0 Å². The highest BCUT2D eigenvalue weighted by atomic mass is 79.9. The van der Waals surface area contributed by atoms with Crippen LogP contribution in [0.5, 0.6) is 0 Å². The van der Waals surface area contributed by atoms with E-state index in [0.717, 1.165) is 0 Å². The Hall–Kier alpha value is -0.0900. The third kappa shape index (κ3) is 5.91. The van der Waals surface area contributed by atoms with Crippen molar-refractivity contribution >= 4 is 22.9 Å². The zero-order valence-electron chi connectivity index (χ0n) is 3.92. The number of amides is 1. The van der Waals surface area contributed by atoms with E-state index in [2.05, 4.69) is 5.73 Å². The molecule has 1 atom stereocenters. The van der Waals surface area contributed by atoms with Gasteiger partial charge in [0.2, 0.25) is 5.91 Å². The van der Waals surface area contributed by atoms with E-state index in [1.165, 1.54) is 6.92 Å². The van der Waals surface area contributed by atoms with Crippen molar-refractivity contribution in [2.45, 2.75) is 13.0 Å². The summed E-state index contributed by atoms with van der Waals surface area (Å²) in [6, 6.07) is 0. The predicted molar refractivity (Wildman–Crippen MR) is 31.2 cm³/mol. The molecule has 0 aliphatic heterocycles. The first kappa shape index (κ1) is 10.0. The molecule has 4 heteroatoms. The van der Waals surface area contributed by atoms with E-state index in [4.69, 9.17) is 5.11 Å². The van der Waals surface area contributed by atoms with E-state index in [-0.39, 0.29) is 17.0 Å². The highest BCUT2D eigenvalue weighted by Gasteiger charge is 1.98. The minimum absolute atomic E-state index is 0. The van der Waals surface area contributed by atoms with Crippen LogP contribution in [0.25, 0.3) is 0 Å². The molecule has 0 saturated heterocycles. The molecule has 7 heavy (non-hydrogen) atoms. The Bertz CT molecular complexity index is 64.0. The highest BCUT2D eigenvalue weighted by molar-refractivity contribution is 8.93. The lowest BCUT2D eigenvalue weighted by Gasteiger charge is -1.90. The lowest BCUT2D eigenvalue weighted by Crippen LogP contribution is -2.24. The largest absolute Gasteiger partial charge is 0.384 e. The topological polar surface area (TPSA) is 63.3 Å². The van der Waals surface area contributed by atoms with Gasteiger partial charge in [-0.05, 0) is 6.92 Å². The lowest BCUT2D eigenvalue weighted by atomic mass is 10.4. The van der Waals surface area contributed by atoms with Crippen LogP contribution in [-0.4, -0.2) is 17.1 Å². The first-order valence-electron chi connectivity index (χ1n) is 1.62. The molecule has 0 rings (SSSR count). The monoisotopic (exact) mass is 169 g/mol. The molecule has 0 bridgehead atoms. The molecular weight excluding hydrogens is 162 g/mol. The van der Waals surface area contributed by atoms with Crippen LogP contribution in [0, 0.1) is 0 Å². The zero-order valence-corrected chi connectivity index (χ0v) is 5.63. The molecule has 44 valence electrons. The predicted octanol–water partition coefficient (Wildman–Crippen LogP) is -0.570. The number of aliphatic hydroxyl groups excluding tert-OH is 1. The van der Waals surface area contributed by atoms with Gasteiger partial charge in [0.25, 0.3) is 0 Å². The van der Waals surface area contributed by atoms with Crippen LogP contribution in [0.3, 0.4) is 0 Å². The summed E-state index contributed by atoms with van der Waals surface area (Å²) in [5.74, 6) is -0.685. The van der Waals surface area contributed by atoms with E-state index in [1.807, 2.05) is 0 Å². The van der Waals surface area contributed by atoms with Gasteiger partial charge in [-0.1, -0.05) is 0 Å². The number of carbonyl (C=O) groups excluding carboxylic acids is 1. The molecule has 0 aromatic heterocycles. The van der Waals surface area contributed by atoms with E-state index in [9.17, 15) is 4.79 Å². The molecule has 3 N–H and O–H groups in total. The summed E-state index contributed by atoms with van der Waals surface area (Å²) >= 11 is 0. The molecule has 0 aromatic rings. The van der Waals surface area contributed by atoms with E-state index >= 15 is 0 Å². The van der Waals surface area contributed by atoms with Crippen LogP contribution in [0.2, 0.25) is 0 Å². The first-order valence-corrected chi connectivity index (χ1v) is 1.62. The van der Waals surface area contributed by atoms with Crippen LogP contribution in [0.1, 0.15) is 6.92 Å². The molecular formula is C3H8BrNO2. The Morgan fingerprint density at radius 3 is 2.00 bits per heavy atom. The minimum atomic E-state index is -1.01. The van der Waals surface area contributed by atoms with Crippen molar-refractivity contribution in [3.63, 3.8) is 0 Å². The molecule has 0 heterocycles. The van der Waals surface area contributed by atoms with Crippen LogP contribution >= 0.6 is 17.0 Å². The average molecular weight is 170 g/mol. The number of hydrogen-bond donors (Lipinski definition) is 2. The summed E-state index contributed by atoms with van der Waals surface area (Å²) in [5.41, 5.74) is 4.55. The van der Waals surface area contributed by atoms with Crippen molar-refractivity contribution in [2.75, 3.05) is 0 Å². The second kappa shape index (κ2) is 4.08. The van der Waals surface area contributed by atoms with Crippen molar-refractivity contribution in [2.24, 2.45) is 5.73 Å². The lowest BCUT2D eigenvalue weighted by molar-refractivity contribution is -0.125. The summed E-state index contributed by atoms with van der Waals surface area (Å²) in [5, 5.41) is 8.16. The number of hydrogen-bond acceptors (Lipinski definition) is 2. The zero-order chi connectivity index (χ0) is 5.15. The average Bonchev–Trinajstić information content (AvgIpc) is 1.36. The maximum absolute atomic E-state index is 9.67. The number of rotatable bonds is 1. The van der Waals surface area contributed by atoms with E-state index < -0.39 is 12.0 Å². The van der Waals surface area contributed by atoms with Gasteiger partial charge in [0.05, 0.1) is 0 Å². The molecule has 0 fully saturated rings. The number of halogens is 1.